The molecule has 1 aromatic heterocycles. The number of ether oxygens (including phenoxy) is 1. The van der Waals surface area contributed by atoms with Gasteiger partial charge in [-0.2, -0.15) is 0 Å². The van der Waals surface area contributed by atoms with Crippen molar-refractivity contribution in [3.05, 3.63) is 35.5 Å². The molecule has 2 rings (SSSR count). The maximum atomic E-state index is 11.7. The highest BCUT2D eigenvalue weighted by atomic mass is 35.5. The maximum Gasteiger partial charge on any atom is 0.277 e. The van der Waals surface area contributed by atoms with Crippen LogP contribution in [-0.2, 0) is 6.54 Å². The smallest absolute Gasteiger partial charge is 0.277 e. The second-order valence-corrected chi connectivity index (χ2v) is 4.24. The summed E-state index contributed by atoms with van der Waals surface area (Å²) in [6.07, 6.45) is 0. The Morgan fingerprint density at radius 2 is 2.09 bits per heavy atom. The molecule has 0 aliphatic rings. The first kappa shape index (κ1) is 17.7. The second kappa shape index (κ2) is 8.85. The molecule has 0 aliphatic heterocycles. The summed E-state index contributed by atoms with van der Waals surface area (Å²) in [4.78, 5) is 11.7. The first-order valence-electron chi connectivity index (χ1n) is 6.41. The van der Waals surface area contributed by atoms with Crippen LogP contribution in [0.25, 0.3) is 0 Å². The van der Waals surface area contributed by atoms with E-state index in [0.29, 0.717) is 19.6 Å². The van der Waals surface area contributed by atoms with E-state index >= 15 is 0 Å². The van der Waals surface area contributed by atoms with Crippen LogP contribution in [-0.4, -0.2) is 36.4 Å². The van der Waals surface area contributed by atoms with Crippen molar-refractivity contribution in [3.8, 4) is 5.75 Å². The highest BCUT2D eigenvalue weighted by Crippen LogP contribution is 2.16. The largest absolute Gasteiger partial charge is 0.496 e. The first-order chi connectivity index (χ1) is 10.2. The Hall–Kier alpha value is -2.32. The molecule has 8 nitrogen and oxygen atoms in total. The van der Waals surface area contributed by atoms with Crippen molar-refractivity contribution in [2.45, 2.75) is 6.54 Å². The fourth-order valence-corrected chi connectivity index (χ4v) is 1.77. The molecule has 1 amide bonds. The number of hydrogen-bond acceptors (Lipinski definition) is 7. The highest BCUT2D eigenvalue weighted by molar-refractivity contribution is 5.95. The molecule has 0 saturated carbocycles. The average molecular weight is 328 g/mol. The lowest BCUT2D eigenvalue weighted by Gasteiger charge is -2.09. The summed E-state index contributed by atoms with van der Waals surface area (Å²) < 4.78 is 9.62. The fraction of sp³-hybridized carbons (Fsp3) is 0.308. The quantitative estimate of drug-likeness (QED) is 0.638. The number of benzene rings is 1. The van der Waals surface area contributed by atoms with Gasteiger partial charge in [-0.3, -0.25) is 4.79 Å². The molecule has 22 heavy (non-hydrogen) atoms. The molecule has 0 spiro atoms. The summed E-state index contributed by atoms with van der Waals surface area (Å²) >= 11 is 0. The molecule has 0 atom stereocenters. The van der Waals surface area contributed by atoms with Gasteiger partial charge in [0.25, 0.3) is 5.91 Å². The second-order valence-electron chi connectivity index (χ2n) is 4.24. The molecule has 120 valence electrons. The minimum absolute atomic E-state index is 0. The van der Waals surface area contributed by atoms with Crippen molar-refractivity contribution in [1.29, 1.82) is 0 Å². The Morgan fingerprint density at radius 1 is 1.32 bits per heavy atom. The molecule has 1 heterocycles. The van der Waals surface area contributed by atoms with E-state index in [1.54, 1.807) is 7.11 Å². The summed E-state index contributed by atoms with van der Waals surface area (Å²) in [5.74, 6) is 0.401. The van der Waals surface area contributed by atoms with Gasteiger partial charge in [0, 0.05) is 25.2 Å². The summed E-state index contributed by atoms with van der Waals surface area (Å²) in [5, 5.41) is 12.6. The lowest BCUT2D eigenvalue weighted by Crippen LogP contribution is -2.32. The number of nitrogen functional groups attached to an aromatic ring is 1. The zero-order valence-electron chi connectivity index (χ0n) is 12.0. The predicted molar refractivity (Wildman–Crippen MR) is 83.0 cm³/mol. The van der Waals surface area contributed by atoms with E-state index in [2.05, 4.69) is 25.6 Å². The zero-order chi connectivity index (χ0) is 15.1. The molecule has 9 heteroatoms. The molecule has 0 aliphatic carbocycles. The van der Waals surface area contributed by atoms with E-state index in [1.165, 1.54) is 0 Å². The van der Waals surface area contributed by atoms with Crippen LogP contribution in [0.2, 0.25) is 0 Å². The molecule has 4 N–H and O–H groups in total. The van der Waals surface area contributed by atoms with Crippen LogP contribution in [0.4, 0.5) is 5.82 Å². The molecule has 0 fully saturated rings. The minimum Gasteiger partial charge on any atom is -0.496 e. The summed E-state index contributed by atoms with van der Waals surface area (Å²) in [6, 6.07) is 7.74. The van der Waals surface area contributed by atoms with E-state index in [-0.39, 0.29) is 23.9 Å². The zero-order valence-corrected chi connectivity index (χ0v) is 12.9. The van der Waals surface area contributed by atoms with E-state index in [0.717, 1.165) is 11.3 Å². The fourth-order valence-electron chi connectivity index (χ4n) is 1.77. The van der Waals surface area contributed by atoms with Gasteiger partial charge >= 0.3 is 0 Å². The number of carbonyl (C=O) groups is 1. The molecule has 2 aromatic rings. The van der Waals surface area contributed by atoms with Gasteiger partial charge in [-0.1, -0.05) is 18.2 Å². The Labute approximate surface area is 133 Å². The van der Waals surface area contributed by atoms with Crippen LogP contribution in [0, 0.1) is 0 Å². The Morgan fingerprint density at radius 3 is 2.77 bits per heavy atom. The number of nitrogens with zero attached hydrogens (tertiary/aromatic N) is 2. The average Bonchev–Trinajstić information content (AvgIpc) is 2.93. The number of anilines is 1. The number of methoxy groups -OCH3 is 1. The number of nitrogens with two attached hydrogens (primary N) is 1. The topological polar surface area (TPSA) is 115 Å². The van der Waals surface area contributed by atoms with Gasteiger partial charge < -0.3 is 21.1 Å². The lowest BCUT2D eigenvalue weighted by molar-refractivity contribution is 0.0944. The van der Waals surface area contributed by atoms with Crippen molar-refractivity contribution in [2.24, 2.45) is 0 Å². The molecule has 1 aromatic carbocycles. The van der Waals surface area contributed by atoms with Gasteiger partial charge in [0.2, 0.25) is 11.5 Å². The van der Waals surface area contributed by atoms with E-state index < -0.39 is 5.91 Å². The number of rotatable bonds is 7. The normalized spacial score (nSPS) is 9.86. The first-order valence-corrected chi connectivity index (χ1v) is 6.41. The van der Waals surface area contributed by atoms with Gasteiger partial charge in [-0.15, -0.1) is 12.4 Å². The summed E-state index contributed by atoms with van der Waals surface area (Å²) in [6.45, 7) is 1.67. The Bertz CT molecular complexity index is 605. The van der Waals surface area contributed by atoms with Crippen molar-refractivity contribution >= 4 is 24.1 Å². The molecular weight excluding hydrogens is 310 g/mol. The number of para-hydroxylation sites is 1. The van der Waals surface area contributed by atoms with Crippen LogP contribution >= 0.6 is 12.4 Å². The highest BCUT2D eigenvalue weighted by Gasteiger charge is 2.14. The standard InChI is InChI=1S/C13H17N5O3.ClH/c1-20-10-5-3-2-4-9(10)8-15-6-7-16-13(19)11-12(14)18-21-17-11;/h2-5,15H,6-8H2,1H3,(H2,14,18)(H,16,19);1H. The van der Waals surface area contributed by atoms with Crippen LogP contribution in [0.3, 0.4) is 0 Å². The van der Waals surface area contributed by atoms with Crippen molar-refractivity contribution in [3.63, 3.8) is 0 Å². The van der Waals surface area contributed by atoms with Crippen molar-refractivity contribution in [1.82, 2.24) is 20.9 Å². The number of hydrogen-bond donors (Lipinski definition) is 3. The van der Waals surface area contributed by atoms with Gasteiger partial charge in [0.05, 0.1) is 7.11 Å². The van der Waals surface area contributed by atoms with E-state index in [4.69, 9.17) is 10.5 Å². The summed E-state index contributed by atoms with van der Waals surface area (Å²) in [7, 11) is 1.63. The van der Waals surface area contributed by atoms with Gasteiger partial charge in [-0.05, 0) is 16.4 Å². The van der Waals surface area contributed by atoms with E-state index in [1.807, 2.05) is 24.3 Å². The number of aromatic nitrogens is 2. The number of amides is 1. The van der Waals surface area contributed by atoms with Crippen LogP contribution < -0.4 is 21.1 Å². The molecule has 0 unspecified atom stereocenters. The lowest BCUT2D eigenvalue weighted by atomic mass is 10.2. The van der Waals surface area contributed by atoms with Gasteiger partial charge in [0.15, 0.2) is 0 Å². The van der Waals surface area contributed by atoms with Gasteiger partial charge in [0.1, 0.15) is 5.75 Å². The van der Waals surface area contributed by atoms with Crippen molar-refractivity contribution in [2.75, 3.05) is 25.9 Å². The monoisotopic (exact) mass is 327 g/mol. The SMILES string of the molecule is COc1ccccc1CNCCNC(=O)c1nonc1N.Cl. The third-order valence-electron chi connectivity index (χ3n) is 2.82. The van der Waals surface area contributed by atoms with Crippen LogP contribution in [0.1, 0.15) is 16.1 Å². The van der Waals surface area contributed by atoms with Crippen LogP contribution in [0.15, 0.2) is 28.9 Å². The van der Waals surface area contributed by atoms with Gasteiger partial charge in [-0.25, -0.2) is 4.63 Å². The molecule has 0 bridgehead atoms. The number of nitrogens with one attached hydrogen (secondary N) is 2. The predicted octanol–water partition coefficient (Wildman–Crippen LogP) is 0.602. The minimum atomic E-state index is -0.409. The molecular formula is C13H18ClN5O3. The number of halogens is 1. The number of carbonyl (C=O) groups excluding carboxylic acids is 1. The third-order valence-corrected chi connectivity index (χ3v) is 2.82. The maximum absolute atomic E-state index is 11.7. The van der Waals surface area contributed by atoms with E-state index in [9.17, 15) is 4.79 Å². The molecule has 0 saturated heterocycles. The van der Waals surface area contributed by atoms with Crippen LogP contribution in [0.5, 0.6) is 5.75 Å². The molecule has 0 radical (unpaired) electrons. The Balaban J connectivity index is 0.00000242. The van der Waals surface area contributed by atoms with Crippen molar-refractivity contribution < 1.29 is 14.2 Å². The third kappa shape index (κ3) is 4.61. The summed E-state index contributed by atoms with van der Waals surface area (Å²) in [5.41, 5.74) is 6.47. The Kier molecular flexibility index (Phi) is 7.14.